The molecule has 5 heterocycles. The van der Waals surface area contributed by atoms with Gasteiger partial charge < -0.3 is 25.8 Å². The second-order valence-electron chi connectivity index (χ2n) is 10.8. The SMILES string of the molecule is CN1CCN(c2ccc(-c3nc(-c4cnn5ccccc45)nc(N[C@@H]4CCCN(C(=O)CCN)C4)c3F)cc2)CC1. The monoisotopic (exact) mass is 557 g/mol. The molecule has 0 unspecified atom stereocenters. The number of carbonyl (C=O) groups is 1. The topological polar surface area (TPSA) is 108 Å². The van der Waals surface area contributed by atoms with Gasteiger partial charge in [-0.1, -0.05) is 18.2 Å². The number of nitrogens with zero attached hydrogens (tertiary/aromatic N) is 7. The molecule has 2 fully saturated rings. The molecule has 41 heavy (non-hydrogen) atoms. The van der Waals surface area contributed by atoms with E-state index in [1.54, 1.807) is 15.6 Å². The number of carbonyl (C=O) groups excluding carboxylic acids is 1. The number of piperazine rings is 1. The fourth-order valence-electron chi connectivity index (χ4n) is 5.65. The summed E-state index contributed by atoms with van der Waals surface area (Å²) in [7, 11) is 2.13. The van der Waals surface area contributed by atoms with Crippen molar-refractivity contribution in [3.8, 4) is 22.6 Å². The number of hydrogen-bond acceptors (Lipinski definition) is 8. The number of fused-ring (bicyclic) bond motifs is 1. The maximum Gasteiger partial charge on any atom is 0.223 e. The van der Waals surface area contributed by atoms with Crippen LogP contribution < -0.4 is 16.0 Å². The Morgan fingerprint density at radius 1 is 1.07 bits per heavy atom. The van der Waals surface area contributed by atoms with Crippen LogP contribution in [0.3, 0.4) is 0 Å². The van der Waals surface area contributed by atoms with E-state index >= 15 is 4.39 Å². The smallest absolute Gasteiger partial charge is 0.223 e. The summed E-state index contributed by atoms with van der Waals surface area (Å²) < 4.78 is 18.0. The lowest BCUT2D eigenvalue weighted by Crippen LogP contribution is -2.45. The summed E-state index contributed by atoms with van der Waals surface area (Å²) in [5.74, 6) is 0.0278. The first-order valence-corrected chi connectivity index (χ1v) is 14.3. The molecule has 11 heteroatoms. The number of benzene rings is 1. The lowest BCUT2D eigenvalue weighted by atomic mass is 10.0. The number of halogens is 1. The van der Waals surface area contributed by atoms with Crippen LogP contribution >= 0.6 is 0 Å². The third kappa shape index (κ3) is 5.73. The van der Waals surface area contributed by atoms with Crippen LogP contribution in [-0.2, 0) is 4.79 Å². The fraction of sp³-hybridized carbons (Fsp3) is 0.400. The van der Waals surface area contributed by atoms with E-state index in [-0.39, 0.29) is 23.5 Å². The minimum absolute atomic E-state index is 0.0235. The molecule has 0 saturated carbocycles. The average molecular weight is 558 g/mol. The summed E-state index contributed by atoms with van der Waals surface area (Å²) in [6, 6.07) is 13.5. The van der Waals surface area contributed by atoms with Crippen LogP contribution in [0.2, 0.25) is 0 Å². The number of rotatable bonds is 7. The summed E-state index contributed by atoms with van der Waals surface area (Å²) in [5.41, 5.74) is 9.16. The zero-order chi connectivity index (χ0) is 28.3. The number of hydrogen-bond donors (Lipinski definition) is 2. The first-order valence-electron chi connectivity index (χ1n) is 14.3. The maximum atomic E-state index is 16.2. The van der Waals surface area contributed by atoms with Crippen LogP contribution in [0, 0.1) is 5.82 Å². The Bertz CT molecular complexity index is 1510. The first-order chi connectivity index (χ1) is 20.0. The summed E-state index contributed by atoms with van der Waals surface area (Å²) in [4.78, 5) is 28.4. The molecular weight excluding hydrogens is 521 g/mol. The fourth-order valence-corrected chi connectivity index (χ4v) is 5.65. The van der Waals surface area contributed by atoms with Crippen LogP contribution in [0.15, 0.2) is 54.9 Å². The number of likely N-dealkylation sites (N-methyl/N-ethyl adjacent to an activating group) is 1. The number of piperidine rings is 1. The number of nitrogens with two attached hydrogens (primary N) is 1. The molecule has 10 nitrogen and oxygen atoms in total. The second kappa shape index (κ2) is 11.8. The highest BCUT2D eigenvalue weighted by molar-refractivity contribution is 5.79. The van der Waals surface area contributed by atoms with Crippen molar-refractivity contribution in [2.24, 2.45) is 5.73 Å². The molecule has 214 valence electrons. The van der Waals surface area contributed by atoms with Gasteiger partial charge in [0.05, 0.1) is 17.3 Å². The van der Waals surface area contributed by atoms with Crippen LogP contribution in [0.4, 0.5) is 15.9 Å². The molecule has 1 atom stereocenters. The minimum Gasteiger partial charge on any atom is -0.369 e. The Balaban J connectivity index is 1.35. The van der Waals surface area contributed by atoms with E-state index in [1.165, 1.54) is 0 Å². The van der Waals surface area contributed by atoms with Gasteiger partial charge in [0.15, 0.2) is 17.5 Å². The Hall–Kier alpha value is -4.09. The lowest BCUT2D eigenvalue weighted by molar-refractivity contribution is -0.132. The van der Waals surface area contributed by atoms with Gasteiger partial charge in [-0.25, -0.2) is 18.9 Å². The van der Waals surface area contributed by atoms with E-state index in [2.05, 4.69) is 32.2 Å². The highest BCUT2D eigenvalue weighted by Crippen LogP contribution is 2.32. The number of pyridine rings is 1. The average Bonchev–Trinajstić information content (AvgIpc) is 3.43. The van der Waals surface area contributed by atoms with Crippen molar-refractivity contribution >= 4 is 22.9 Å². The van der Waals surface area contributed by atoms with Crippen LogP contribution in [-0.4, -0.2) is 94.2 Å². The molecule has 4 aromatic rings. The summed E-state index contributed by atoms with van der Waals surface area (Å²) >= 11 is 0. The van der Waals surface area contributed by atoms with Crippen molar-refractivity contribution in [2.45, 2.75) is 25.3 Å². The highest BCUT2D eigenvalue weighted by atomic mass is 19.1. The van der Waals surface area contributed by atoms with E-state index in [0.717, 1.165) is 50.2 Å². The van der Waals surface area contributed by atoms with Gasteiger partial charge in [0, 0.05) is 75.7 Å². The van der Waals surface area contributed by atoms with Crippen LogP contribution in [0.5, 0.6) is 0 Å². The van der Waals surface area contributed by atoms with Crippen molar-refractivity contribution in [3.63, 3.8) is 0 Å². The number of nitrogens with one attached hydrogen (secondary N) is 1. The standard InChI is InChI=1S/C30H36FN9O/c1-37-15-17-38(18-16-37)23-9-7-21(8-10-23)28-27(31)30(34-22-5-4-13-39(20-22)26(41)11-12-32)36-29(35-28)24-19-33-40-14-3-2-6-25(24)40/h2-3,6-10,14,19,22H,4-5,11-13,15-18,20,32H2,1H3,(H,34,35,36)/t22-/m1/s1. The van der Waals surface area contributed by atoms with Gasteiger partial charge in [0.2, 0.25) is 5.91 Å². The van der Waals surface area contributed by atoms with E-state index in [0.29, 0.717) is 43.0 Å². The van der Waals surface area contributed by atoms with Gasteiger partial charge in [0.1, 0.15) is 5.69 Å². The summed E-state index contributed by atoms with van der Waals surface area (Å²) in [5, 5.41) is 7.75. The van der Waals surface area contributed by atoms with E-state index < -0.39 is 5.82 Å². The summed E-state index contributed by atoms with van der Waals surface area (Å²) in [6.45, 7) is 5.40. The molecule has 2 aliphatic heterocycles. The van der Waals surface area contributed by atoms with E-state index in [4.69, 9.17) is 10.7 Å². The Morgan fingerprint density at radius 2 is 1.88 bits per heavy atom. The van der Waals surface area contributed by atoms with Crippen molar-refractivity contribution in [1.82, 2.24) is 29.4 Å². The molecule has 0 aliphatic carbocycles. The molecule has 3 aromatic heterocycles. The highest BCUT2D eigenvalue weighted by Gasteiger charge is 2.26. The third-order valence-electron chi connectivity index (χ3n) is 8.00. The second-order valence-corrected chi connectivity index (χ2v) is 10.8. The summed E-state index contributed by atoms with van der Waals surface area (Å²) in [6.07, 6.45) is 5.50. The molecule has 1 amide bonds. The maximum absolute atomic E-state index is 16.2. The van der Waals surface area contributed by atoms with Crippen molar-refractivity contribution in [3.05, 3.63) is 60.7 Å². The number of amides is 1. The Kier molecular flexibility index (Phi) is 7.80. The largest absolute Gasteiger partial charge is 0.369 e. The molecule has 2 aliphatic rings. The Labute approximate surface area is 239 Å². The van der Waals surface area contributed by atoms with Gasteiger partial charge in [-0.3, -0.25) is 4.79 Å². The van der Waals surface area contributed by atoms with Gasteiger partial charge in [-0.2, -0.15) is 5.10 Å². The molecule has 6 rings (SSSR count). The van der Waals surface area contributed by atoms with Gasteiger partial charge in [-0.05, 0) is 44.2 Å². The van der Waals surface area contributed by atoms with Crippen LogP contribution in [0.1, 0.15) is 19.3 Å². The van der Waals surface area contributed by atoms with Gasteiger partial charge in [-0.15, -0.1) is 0 Å². The van der Waals surface area contributed by atoms with Crippen molar-refractivity contribution in [1.29, 1.82) is 0 Å². The molecular formula is C30H36FN9O. The predicted molar refractivity (Wildman–Crippen MR) is 158 cm³/mol. The normalized spacial score (nSPS) is 18.2. The van der Waals surface area contributed by atoms with Crippen molar-refractivity contribution in [2.75, 3.05) is 63.1 Å². The zero-order valence-corrected chi connectivity index (χ0v) is 23.3. The third-order valence-corrected chi connectivity index (χ3v) is 8.00. The number of likely N-dealkylation sites (tertiary alicyclic amines) is 1. The molecule has 0 radical (unpaired) electrons. The van der Waals surface area contributed by atoms with E-state index in [9.17, 15) is 4.79 Å². The molecule has 1 aromatic carbocycles. The minimum atomic E-state index is -0.511. The zero-order valence-electron chi connectivity index (χ0n) is 23.3. The molecule has 3 N–H and O–H groups in total. The first kappa shape index (κ1) is 27.1. The lowest BCUT2D eigenvalue weighted by Gasteiger charge is -2.34. The molecule has 2 saturated heterocycles. The quantitative estimate of drug-likeness (QED) is 0.357. The van der Waals surface area contributed by atoms with Crippen molar-refractivity contribution < 1.29 is 9.18 Å². The number of anilines is 2. The molecule has 0 bridgehead atoms. The van der Waals surface area contributed by atoms with Gasteiger partial charge in [0.25, 0.3) is 0 Å². The van der Waals surface area contributed by atoms with Crippen LogP contribution in [0.25, 0.3) is 28.2 Å². The Morgan fingerprint density at radius 3 is 2.66 bits per heavy atom. The number of aromatic nitrogens is 4. The molecule has 0 spiro atoms. The van der Waals surface area contributed by atoms with E-state index in [1.807, 2.05) is 48.7 Å². The van der Waals surface area contributed by atoms with Gasteiger partial charge >= 0.3 is 0 Å². The predicted octanol–water partition coefficient (Wildman–Crippen LogP) is 3.10.